The van der Waals surface area contributed by atoms with Gasteiger partial charge in [0, 0.05) is 10.9 Å². The molecule has 4 heteroatoms. The summed E-state index contributed by atoms with van der Waals surface area (Å²) in [5, 5.41) is 1.34. The van der Waals surface area contributed by atoms with Gasteiger partial charge in [-0.25, -0.2) is 9.78 Å². The predicted octanol–water partition coefficient (Wildman–Crippen LogP) is 5.06. The van der Waals surface area contributed by atoms with Crippen molar-refractivity contribution in [3.05, 3.63) is 33.9 Å². The fraction of sp³-hybridized carbons (Fsp3) is 0.500. The summed E-state index contributed by atoms with van der Waals surface area (Å²) in [5.74, 6) is 0.688. The summed E-state index contributed by atoms with van der Waals surface area (Å²) in [5.41, 5.74) is 3.75. The molecule has 0 unspecified atom stereocenters. The van der Waals surface area contributed by atoms with Crippen LogP contribution in [0.15, 0.2) is 22.8 Å². The molecule has 3 nitrogen and oxygen atoms in total. The zero-order chi connectivity index (χ0) is 13.9. The molecule has 1 aliphatic carbocycles. The van der Waals surface area contributed by atoms with Crippen molar-refractivity contribution in [1.29, 1.82) is 0 Å². The van der Waals surface area contributed by atoms with E-state index < -0.39 is 0 Å². The number of aromatic nitrogens is 1. The Morgan fingerprint density at radius 2 is 2.05 bits per heavy atom. The van der Waals surface area contributed by atoms with Crippen molar-refractivity contribution < 1.29 is 9.78 Å². The second kappa shape index (κ2) is 6.29. The van der Waals surface area contributed by atoms with Gasteiger partial charge in [-0.2, -0.15) is 0 Å². The van der Waals surface area contributed by atoms with Crippen molar-refractivity contribution >= 4 is 26.8 Å². The molecule has 0 radical (unpaired) electrons. The Balaban J connectivity index is 1.94. The highest BCUT2D eigenvalue weighted by molar-refractivity contribution is 9.10. The topological polar surface area (TPSA) is 34.2 Å². The molecule has 1 N–H and O–H groups in total. The molecule has 0 aliphatic heterocycles. The number of H-pyrrole nitrogens is 1. The van der Waals surface area contributed by atoms with Crippen LogP contribution in [-0.4, -0.2) is 12.1 Å². The molecule has 1 heterocycles. The van der Waals surface area contributed by atoms with Crippen molar-refractivity contribution in [2.24, 2.45) is 0 Å². The molecule has 2 aromatic rings. The summed E-state index contributed by atoms with van der Waals surface area (Å²) >= 11 is 3.71. The molecule has 3 rings (SSSR count). The van der Waals surface area contributed by atoms with E-state index in [1.165, 1.54) is 55.7 Å². The summed E-state index contributed by atoms with van der Waals surface area (Å²) in [7, 11) is 1.53. The van der Waals surface area contributed by atoms with E-state index in [-0.39, 0.29) is 0 Å². The van der Waals surface area contributed by atoms with Crippen molar-refractivity contribution in [1.82, 2.24) is 4.98 Å². The lowest BCUT2D eigenvalue weighted by Crippen LogP contribution is -2.04. The van der Waals surface area contributed by atoms with Crippen molar-refractivity contribution in [2.45, 2.75) is 44.6 Å². The monoisotopic (exact) mass is 337 g/mol. The maximum atomic E-state index is 5.00. The molecule has 1 aromatic heterocycles. The molecule has 1 aromatic carbocycles. The van der Waals surface area contributed by atoms with Gasteiger partial charge < -0.3 is 4.98 Å². The number of hydrogen-bond donors (Lipinski definition) is 1. The van der Waals surface area contributed by atoms with Gasteiger partial charge in [-0.1, -0.05) is 31.4 Å². The van der Waals surface area contributed by atoms with Crippen LogP contribution in [0.5, 0.6) is 0 Å². The van der Waals surface area contributed by atoms with Gasteiger partial charge in [0.2, 0.25) is 0 Å². The van der Waals surface area contributed by atoms with Gasteiger partial charge in [-0.15, -0.1) is 0 Å². The molecule has 20 heavy (non-hydrogen) atoms. The molecule has 0 amide bonds. The third-order valence-electron chi connectivity index (χ3n) is 4.21. The lowest BCUT2D eigenvalue weighted by molar-refractivity contribution is -0.282. The van der Waals surface area contributed by atoms with E-state index in [1.54, 1.807) is 0 Å². The Morgan fingerprint density at radius 1 is 1.25 bits per heavy atom. The molecule has 1 saturated carbocycles. The molecule has 0 bridgehead atoms. The van der Waals surface area contributed by atoms with Crippen LogP contribution in [0.25, 0.3) is 10.9 Å². The second-order valence-electron chi connectivity index (χ2n) is 5.50. The largest absolute Gasteiger partial charge is 0.349 e. The highest BCUT2D eigenvalue weighted by Gasteiger charge is 2.21. The number of rotatable bonds is 4. The average Bonchev–Trinajstić information content (AvgIpc) is 2.81. The van der Waals surface area contributed by atoms with Crippen LogP contribution in [0.1, 0.15) is 49.1 Å². The fourth-order valence-corrected chi connectivity index (χ4v) is 3.99. The Hall–Kier alpha value is -0.840. The molecular formula is C16H20BrNO2. The van der Waals surface area contributed by atoms with Gasteiger partial charge in [-0.05, 0) is 51.9 Å². The van der Waals surface area contributed by atoms with E-state index in [1.807, 2.05) is 0 Å². The van der Waals surface area contributed by atoms with Crippen molar-refractivity contribution in [3.63, 3.8) is 0 Å². The first kappa shape index (κ1) is 14.1. The summed E-state index contributed by atoms with van der Waals surface area (Å²) < 4.78 is 1.14. The van der Waals surface area contributed by atoms with Gasteiger partial charge in [0.1, 0.15) is 6.61 Å². The minimum atomic E-state index is 0.474. The van der Waals surface area contributed by atoms with Gasteiger partial charge in [0.25, 0.3) is 0 Å². The van der Waals surface area contributed by atoms with Crippen LogP contribution < -0.4 is 0 Å². The second-order valence-corrected chi connectivity index (χ2v) is 6.29. The molecule has 1 fully saturated rings. The lowest BCUT2D eigenvalue weighted by Gasteiger charge is -2.21. The van der Waals surface area contributed by atoms with E-state index in [4.69, 9.17) is 4.89 Å². The average molecular weight is 338 g/mol. The Morgan fingerprint density at radius 3 is 2.80 bits per heavy atom. The standard InChI is InChI=1S/C16H20BrNO2/c1-19-20-10-11-7-8-13-14(9-11)18-16(17)15(13)12-5-3-2-4-6-12/h7-9,12,18H,2-6,10H2,1H3. The number of halogens is 1. The predicted molar refractivity (Wildman–Crippen MR) is 83.6 cm³/mol. The van der Waals surface area contributed by atoms with Crippen LogP contribution in [0.3, 0.4) is 0 Å². The third-order valence-corrected chi connectivity index (χ3v) is 4.84. The minimum Gasteiger partial charge on any atom is -0.349 e. The van der Waals surface area contributed by atoms with Crippen LogP contribution >= 0.6 is 15.9 Å². The van der Waals surface area contributed by atoms with Crippen LogP contribution in [0, 0.1) is 0 Å². The first-order chi connectivity index (χ1) is 9.79. The Bertz CT molecular complexity index is 587. The quantitative estimate of drug-likeness (QED) is 0.625. The Labute approximate surface area is 127 Å². The first-order valence-corrected chi connectivity index (χ1v) is 8.04. The van der Waals surface area contributed by atoms with E-state index in [2.05, 4.69) is 44.0 Å². The van der Waals surface area contributed by atoms with E-state index in [9.17, 15) is 0 Å². The van der Waals surface area contributed by atoms with Crippen molar-refractivity contribution in [2.75, 3.05) is 7.11 Å². The summed E-state index contributed by atoms with van der Waals surface area (Å²) in [6.07, 6.45) is 6.70. The molecule has 0 spiro atoms. The fourth-order valence-electron chi connectivity index (χ4n) is 3.24. The van der Waals surface area contributed by atoms with Gasteiger partial charge in [0.05, 0.1) is 11.7 Å². The van der Waals surface area contributed by atoms with Crippen molar-refractivity contribution in [3.8, 4) is 0 Å². The molecule has 108 valence electrons. The maximum absolute atomic E-state index is 5.00. The summed E-state index contributed by atoms with van der Waals surface area (Å²) in [6, 6.07) is 6.47. The number of aromatic amines is 1. The van der Waals surface area contributed by atoms with Crippen LogP contribution in [-0.2, 0) is 16.4 Å². The number of nitrogens with one attached hydrogen (secondary N) is 1. The maximum Gasteiger partial charge on any atom is 0.107 e. The highest BCUT2D eigenvalue weighted by atomic mass is 79.9. The molecule has 0 atom stereocenters. The highest BCUT2D eigenvalue weighted by Crippen LogP contribution is 2.40. The van der Waals surface area contributed by atoms with E-state index >= 15 is 0 Å². The first-order valence-electron chi connectivity index (χ1n) is 7.25. The van der Waals surface area contributed by atoms with E-state index in [0.29, 0.717) is 12.5 Å². The summed E-state index contributed by atoms with van der Waals surface area (Å²) in [4.78, 5) is 13.1. The Kier molecular flexibility index (Phi) is 4.44. The van der Waals surface area contributed by atoms with Gasteiger partial charge in [0.15, 0.2) is 0 Å². The van der Waals surface area contributed by atoms with Gasteiger partial charge >= 0.3 is 0 Å². The minimum absolute atomic E-state index is 0.474. The number of fused-ring (bicyclic) bond motifs is 1. The normalized spacial score (nSPS) is 16.9. The lowest BCUT2D eigenvalue weighted by atomic mass is 9.84. The zero-order valence-electron chi connectivity index (χ0n) is 11.7. The number of benzene rings is 1. The SMILES string of the molecule is COOCc1ccc2c(C3CCCCC3)c(Br)[nH]c2c1. The van der Waals surface area contributed by atoms with Crippen LogP contribution in [0.2, 0.25) is 0 Å². The third kappa shape index (κ3) is 2.78. The molecule has 1 aliphatic rings. The molecule has 0 saturated heterocycles. The summed E-state index contributed by atoms with van der Waals surface area (Å²) in [6.45, 7) is 0.474. The zero-order valence-corrected chi connectivity index (χ0v) is 13.3. The van der Waals surface area contributed by atoms with Crippen LogP contribution in [0.4, 0.5) is 0 Å². The smallest absolute Gasteiger partial charge is 0.107 e. The van der Waals surface area contributed by atoms with Gasteiger partial charge in [-0.3, -0.25) is 0 Å². The number of hydrogen-bond acceptors (Lipinski definition) is 2. The molecular weight excluding hydrogens is 318 g/mol. The van der Waals surface area contributed by atoms with E-state index in [0.717, 1.165) is 10.2 Å².